The van der Waals surface area contributed by atoms with Gasteiger partial charge in [0, 0.05) is 5.56 Å². The summed E-state index contributed by atoms with van der Waals surface area (Å²) >= 11 is 0. The first-order valence-electron chi connectivity index (χ1n) is 5.80. The molecule has 0 aliphatic carbocycles. The Balaban J connectivity index is 2.66. The number of rotatable bonds is 3. The molecule has 0 spiro atoms. The van der Waals surface area contributed by atoms with Crippen molar-refractivity contribution in [2.24, 2.45) is 0 Å². The lowest BCUT2D eigenvalue weighted by atomic mass is 9.96. The highest BCUT2D eigenvalue weighted by atomic mass is 19.1. The van der Waals surface area contributed by atoms with Gasteiger partial charge >= 0.3 is 0 Å². The number of allylic oxidation sites excluding steroid dienone is 1. The summed E-state index contributed by atoms with van der Waals surface area (Å²) < 4.78 is 14.0. The van der Waals surface area contributed by atoms with E-state index in [1.807, 2.05) is 37.3 Å². The van der Waals surface area contributed by atoms with E-state index in [1.54, 1.807) is 12.1 Å². The topological polar surface area (TPSA) is 0 Å². The van der Waals surface area contributed by atoms with E-state index >= 15 is 0 Å². The SMILES string of the molecule is C=Cc1ccccc1-c1cc(C(=C)C)ccc1F. The van der Waals surface area contributed by atoms with E-state index in [1.165, 1.54) is 6.07 Å². The molecule has 1 heteroatoms. The average Bonchev–Trinajstić information content (AvgIpc) is 2.39. The second kappa shape index (κ2) is 5.01. The van der Waals surface area contributed by atoms with Crippen LogP contribution in [0.3, 0.4) is 0 Å². The van der Waals surface area contributed by atoms with Gasteiger partial charge in [-0.05, 0) is 35.7 Å². The zero-order valence-electron chi connectivity index (χ0n) is 10.4. The van der Waals surface area contributed by atoms with Crippen LogP contribution in [0, 0.1) is 5.82 Å². The monoisotopic (exact) mass is 238 g/mol. The molecule has 18 heavy (non-hydrogen) atoms. The maximum atomic E-state index is 14.0. The fourth-order valence-corrected chi connectivity index (χ4v) is 1.92. The van der Waals surface area contributed by atoms with Crippen molar-refractivity contribution in [1.29, 1.82) is 0 Å². The summed E-state index contributed by atoms with van der Waals surface area (Å²) in [6.45, 7) is 9.57. The lowest BCUT2D eigenvalue weighted by molar-refractivity contribution is 0.631. The van der Waals surface area contributed by atoms with E-state index < -0.39 is 0 Å². The molecule has 0 atom stereocenters. The lowest BCUT2D eigenvalue weighted by Gasteiger charge is -2.09. The first-order chi connectivity index (χ1) is 8.63. The van der Waals surface area contributed by atoms with Gasteiger partial charge < -0.3 is 0 Å². The normalized spacial score (nSPS) is 10.1. The Morgan fingerprint density at radius 2 is 1.83 bits per heavy atom. The van der Waals surface area contributed by atoms with E-state index in [0.29, 0.717) is 5.56 Å². The third kappa shape index (κ3) is 2.25. The smallest absolute Gasteiger partial charge is 0.131 e. The molecule has 0 N–H and O–H groups in total. The van der Waals surface area contributed by atoms with Crippen molar-refractivity contribution >= 4 is 11.6 Å². The van der Waals surface area contributed by atoms with E-state index in [0.717, 1.165) is 22.3 Å². The summed E-state index contributed by atoms with van der Waals surface area (Å²) in [7, 11) is 0. The highest BCUT2D eigenvalue weighted by Gasteiger charge is 2.09. The standard InChI is InChI=1S/C17H15F/c1-4-13-7-5-6-8-15(13)16-11-14(12(2)3)9-10-17(16)18/h4-11H,1-2H2,3H3. The van der Waals surface area contributed by atoms with Crippen molar-refractivity contribution in [3.05, 3.63) is 72.6 Å². The Morgan fingerprint density at radius 1 is 1.11 bits per heavy atom. The van der Waals surface area contributed by atoms with Crippen LogP contribution < -0.4 is 0 Å². The molecule has 0 amide bonds. The highest BCUT2D eigenvalue weighted by Crippen LogP contribution is 2.29. The molecule has 0 nitrogen and oxygen atoms in total. The molecule has 0 saturated heterocycles. The van der Waals surface area contributed by atoms with Gasteiger partial charge in [0.25, 0.3) is 0 Å². The van der Waals surface area contributed by atoms with Gasteiger partial charge in [0.1, 0.15) is 5.82 Å². The molecule has 0 bridgehead atoms. The second-order valence-corrected chi connectivity index (χ2v) is 4.27. The van der Waals surface area contributed by atoms with Crippen LogP contribution in [0.1, 0.15) is 18.1 Å². The predicted molar refractivity (Wildman–Crippen MR) is 76.6 cm³/mol. The van der Waals surface area contributed by atoms with Crippen molar-refractivity contribution in [3.63, 3.8) is 0 Å². The van der Waals surface area contributed by atoms with Crippen LogP contribution in [-0.2, 0) is 0 Å². The Labute approximate surface area is 107 Å². The average molecular weight is 238 g/mol. The van der Waals surface area contributed by atoms with Gasteiger partial charge in [-0.15, -0.1) is 0 Å². The van der Waals surface area contributed by atoms with Crippen LogP contribution in [0.5, 0.6) is 0 Å². The Morgan fingerprint density at radius 3 is 2.50 bits per heavy atom. The molecule has 0 radical (unpaired) electrons. The van der Waals surface area contributed by atoms with Gasteiger partial charge in [-0.25, -0.2) is 4.39 Å². The lowest BCUT2D eigenvalue weighted by Crippen LogP contribution is -1.90. The summed E-state index contributed by atoms with van der Waals surface area (Å²) in [4.78, 5) is 0. The van der Waals surface area contributed by atoms with E-state index in [4.69, 9.17) is 0 Å². The molecule has 0 heterocycles. The van der Waals surface area contributed by atoms with Gasteiger partial charge in [-0.2, -0.15) is 0 Å². The van der Waals surface area contributed by atoms with Gasteiger partial charge in [-0.1, -0.05) is 55.1 Å². The first kappa shape index (κ1) is 12.3. The molecule has 0 aliphatic heterocycles. The minimum Gasteiger partial charge on any atom is -0.206 e. The van der Waals surface area contributed by atoms with Crippen LogP contribution in [0.2, 0.25) is 0 Å². The quantitative estimate of drug-likeness (QED) is 0.692. The van der Waals surface area contributed by atoms with Gasteiger partial charge in [0.2, 0.25) is 0 Å². The maximum Gasteiger partial charge on any atom is 0.131 e. The number of halogens is 1. The zero-order valence-corrected chi connectivity index (χ0v) is 10.4. The highest BCUT2D eigenvalue weighted by molar-refractivity contribution is 5.77. The molecule has 0 aromatic heterocycles. The van der Waals surface area contributed by atoms with E-state index in [9.17, 15) is 4.39 Å². The van der Waals surface area contributed by atoms with Crippen molar-refractivity contribution in [2.45, 2.75) is 6.92 Å². The molecule has 2 aromatic rings. The molecule has 90 valence electrons. The fourth-order valence-electron chi connectivity index (χ4n) is 1.92. The molecule has 2 aromatic carbocycles. The van der Waals surface area contributed by atoms with Crippen LogP contribution >= 0.6 is 0 Å². The third-order valence-electron chi connectivity index (χ3n) is 2.93. The molecule has 0 aliphatic rings. The van der Waals surface area contributed by atoms with Crippen LogP contribution in [-0.4, -0.2) is 0 Å². The summed E-state index contributed by atoms with van der Waals surface area (Å²) in [5.41, 5.74) is 4.24. The molecule has 0 saturated carbocycles. The number of hydrogen-bond donors (Lipinski definition) is 0. The first-order valence-corrected chi connectivity index (χ1v) is 5.80. The molecular formula is C17H15F. The summed E-state index contributed by atoms with van der Waals surface area (Å²) in [5.74, 6) is -0.227. The maximum absolute atomic E-state index is 14.0. The molecule has 2 rings (SSSR count). The second-order valence-electron chi connectivity index (χ2n) is 4.27. The van der Waals surface area contributed by atoms with Gasteiger partial charge in [-0.3, -0.25) is 0 Å². The Hall–Kier alpha value is -2.15. The fraction of sp³-hybridized carbons (Fsp3) is 0.0588. The minimum absolute atomic E-state index is 0.227. The zero-order chi connectivity index (χ0) is 13.1. The summed E-state index contributed by atoms with van der Waals surface area (Å²) in [6, 6.07) is 12.7. The van der Waals surface area contributed by atoms with E-state index in [-0.39, 0.29) is 5.82 Å². The summed E-state index contributed by atoms with van der Waals surface area (Å²) in [5, 5.41) is 0. The van der Waals surface area contributed by atoms with Crippen molar-refractivity contribution in [3.8, 4) is 11.1 Å². The third-order valence-corrected chi connectivity index (χ3v) is 2.93. The summed E-state index contributed by atoms with van der Waals surface area (Å²) in [6.07, 6.45) is 1.74. The predicted octanol–water partition coefficient (Wildman–Crippen LogP) is 5.17. The van der Waals surface area contributed by atoms with Crippen molar-refractivity contribution in [2.75, 3.05) is 0 Å². The van der Waals surface area contributed by atoms with Crippen LogP contribution in [0.15, 0.2) is 55.6 Å². The number of hydrogen-bond acceptors (Lipinski definition) is 0. The van der Waals surface area contributed by atoms with Crippen LogP contribution in [0.4, 0.5) is 4.39 Å². The van der Waals surface area contributed by atoms with Crippen molar-refractivity contribution in [1.82, 2.24) is 0 Å². The van der Waals surface area contributed by atoms with Gasteiger partial charge in [0.05, 0.1) is 0 Å². The van der Waals surface area contributed by atoms with E-state index in [2.05, 4.69) is 13.2 Å². The molecule has 0 fully saturated rings. The van der Waals surface area contributed by atoms with Gasteiger partial charge in [0.15, 0.2) is 0 Å². The Bertz CT molecular complexity index is 609. The van der Waals surface area contributed by atoms with Crippen LogP contribution in [0.25, 0.3) is 22.8 Å². The largest absolute Gasteiger partial charge is 0.206 e. The number of benzene rings is 2. The Kier molecular flexibility index (Phi) is 3.42. The molecular weight excluding hydrogens is 223 g/mol. The van der Waals surface area contributed by atoms with Crippen molar-refractivity contribution < 1.29 is 4.39 Å². The minimum atomic E-state index is -0.227. The molecule has 0 unspecified atom stereocenters.